The molecule has 4 aromatic rings. The van der Waals surface area contributed by atoms with Gasteiger partial charge in [0.25, 0.3) is 0 Å². The minimum atomic E-state index is -0.394. The number of halogens is 1. The van der Waals surface area contributed by atoms with Crippen molar-refractivity contribution < 1.29 is 19.1 Å². The fourth-order valence-corrected chi connectivity index (χ4v) is 11.0. The van der Waals surface area contributed by atoms with Crippen LogP contribution < -0.4 is 19.2 Å². The van der Waals surface area contributed by atoms with Crippen LogP contribution in [0.3, 0.4) is 0 Å². The number of benzene rings is 3. The molecule has 2 bridgehead atoms. The lowest BCUT2D eigenvalue weighted by Crippen LogP contribution is -2.42. The number of carbonyl (C=O) groups is 2. The van der Waals surface area contributed by atoms with Crippen LogP contribution >= 0.6 is 34.7 Å². The normalized spacial score (nSPS) is 28.5. The molecule has 8 rings (SSSR count). The predicted molar refractivity (Wildman–Crippen MR) is 166 cm³/mol. The Labute approximate surface area is 261 Å². The molecular formula is C33H27ClN2O5S2. The highest BCUT2D eigenvalue weighted by atomic mass is 35.5. The van der Waals surface area contributed by atoms with E-state index in [2.05, 4.69) is 4.98 Å². The van der Waals surface area contributed by atoms with E-state index in [-0.39, 0.29) is 51.5 Å². The van der Waals surface area contributed by atoms with Crippen LogP contribution in [0.25, 0.3) is 0 Å². The van der Waals surface area contributed by atoms with Crippen LogP contribution in [0.15, 0.2) is 82.6 Å². The van der Waals surface area contributed by atoms with Crippen molar-refractivity contribution in [2.45, 2.75) is 29.2 Å². The average molecular weight is 631 g/mol. The monoisotopic (exact) mass is 630 g/mol. The SMILES string of the molecule is COc1ccc(N2C(=O)C3C4CC(C3C2=O)C2C4Sc3[nH]c(=O)sc3[C@@H]2c2cc(Cl)ccc2OCc2ccccc2)cc1. The molecule has 1 aromatic heterocycles. The fraction of sp³-hybridized carbons (Fsp3) is 0.303. The number of thiazole rings is 1. The summed E-state index contributed by atoms with van der Waals surface area (Å²) in [6, 6.07) is 22.7. The largest absolute Gasteiger partial charge is 0.497 e. The Morgan fingerprint density at radius 2 is 1.70 bits per heavy atom. The Morgan fingerprint density at radius 1 is 0.953 bits per heavy atom. The zero-order valence-electron chi connectivity index (χ0n) is 23.1. The molecule has 2 aliphatic heterocycles. The molecule has 0 spiro atoms. The van der Waals surface area contributed by atoms with Gasteiger partial charge >= 0.3 is 4.87 Å². The van der Waals surface area contributed by atoms with Gasteiger partial charge in [-0.2, -0.15) is 0 Å². The van der Waals surface area contributed by atoms with Crippen LogP contribution in [0.2, 0.25) is 5.02 Å². The molecule has 2 saturated carbocycles. The summed E-state index contributed by atoms with van der Waals surface area (Å²) in [5.41, 5.74) is 2.54. The van der Waals surface area contributed by atoms with E-state index in [0.717, 1.165) is 27.5 Å². The summed E-state index contributed by atoms with van der Waals surface area (Å²) in [4.78, 5) is 46.0. The number of carbonyl (C=O) groups excluding carboxylic acids is 2. The average Bonchev–Trinajstić information content (AvgIpc) is 3.76. The van der Waals surface area contributed by atoms with Crippen molar-refractivity contribution in [3.63, 3.8) is 0 Å². The zero-order chi connectivity index (χ0) is 29.4. The number of hydrogen-bond donors (Lipinski definition) is 1. The van der Waals surface area contributed by atoms with Gasteiger partial charge in [0.05, 0.1) is 29.7 Å². The Kier molecular flexibility index (Phi) is 6.47. The summed E-state index contributed by atoms with van der Waals surface area (Å²) >= 11 is 9.49. The van der Waals surface area contributed by atoms with Crippen molar-refractivity contribution in [1.29, 1.82) is 0 Å². The molecular weight excluding hydrogens is 604 g/mol. The minimum Gasteiger partial charge on any atom is -0.497 e. The molecule has 3 aromatic carbocycles. The molecule has 4 aliphatic rings. The Morgan fingerprint density at radius 3 is 2.44 bits per heavy atom. The maximum absolute atomic E-state index is 14.1. The van der Waals surface area contributed by atoms with Gasteiger partial charge in [-0.25, -0.2) is 0 Å². The number of methoxy groups -OCH3 is 1. The van der Waals surface area contributed by atoms with Crippen LogP contribution in [0.1, 0.15) is 28.3 Å². The first-order valence-corrected chi connectivity index (χ1v) is 16.4. The van der Waals surface area contributed by atoms with Gasteiger partial charge in [-0.3, -0.25) is 19.3 Å². The van der Waals surface area contributed by atoms with Gasteiger partial charge in [0.1, 0.15) is 18.1 Å². The van der Waals surface area contributed by atoms with Crippen molar-refractivity contribution in [3.8, 4) is 11.5 Å². The maximum Gasteiger partial charge on any atom is 0.305 e. The van der Waals surface area contributed by atoms with Crippen LogP contribution in [-0.2, 0) is 16.2 Å². The molecule has 2 amide bonds. The van der Waals surface area contributed by atoms with E-state index in [9.17, 15) is 14.4 Å². The van der Waals surface area contributed by atoms with E-state index in [1.54, 1.807) is 43.1 Å². The first-order valence-electron chi connectivity index (χ1n) is 14.3. The summed E-state index contributed by atoms with van der Waals surface area (Å²) in [6.45, 7) is 0.391. The van der Waals surface area contributed by atoms with Crippen molar-refractivity contribution in [1.82, 2.24) is 4.98 Å². The summed E-state index contributed by atoms with van der Waals surface area (Å²) in [6.07, 6.45) is 0.808. The number of hydrogen-bond acceptors (Lipinski definition) is 7. The molecule has 3 fully saturated rings. The molecule has 1 saturated heterocycles. The maximum atomic E-state index is 14.1. The van der Waals surface area contributed by atoms with Crippen LogP contribution in [0.5, 0.6) is 11.5 Å². The highest BCUT2D eigenvalue weighted by molar-refractivity contribution is 8.00. The Hall–Kier alpha value is -3.53. The number of H-pyrrole nitrogens is 1. The summed E-state index contributed by atoms with van der Waals surface area (Å²) in [5, 5.41) is 1.51. The van der Waals surface area contributed by atoms with E-state index >= 15 is 0 Å². The number of thioether (sulfide) groups is 1. The van der Waals surface area contributed by atoms with Crippen molar-refractivity contribution in [2.24, 2.45) is 29.6 Å². The van der Waals surface area contributed by atoms with Gasteiger partial charge in [0.15, 0.2) is 0 Å². The van der Waals surface area contributed by atoms with Gasteiger partial charge in [0, 0.05) is 26.6 Å². The number of ether oxygens (including phenoxy) is 2. The quantitative estimate of drug-likeness (QED) is 0.250. The molecule has 7 nitrogen and oxygen atoms in total. The molecule has 10 heteroatoms. The molecule has 0 radical (unpaired) electrons. The second-order valence-corrected chi connectivity index (χ2v) is 14.3. The third-order valence-electron chi connectivity index (χ3n) is 9.60. The smallest absolute Gasteiger partial charge is 0.305 e. The highest BCUT2D eigenvalue weighted by Gasteiger charge is 2.69. The lowest BCUT2D eigenvalue weighted by atomic mass is 9.68. The predicted octanol–water partition coefficient (Wildman–Crippen LogP) is 6.36. The van der Waals surface area contributed by atoms with Crippen molar-refractivity contribution >= 4 is 52.2 Å². The number of nitrogens with zero attached hydrogens (tertiary/aromatic N) is 1. The van der Waals surface area contributed by atoms with E-state index < -0.39 is 5.92 Å². The second kappa shape index (κ2) is 10.3. The number of aromatic nitrogens is 1. The molecule has 3 heterocycles. The van der Waals surface area contributed by atoms with Crippen LogP contribution in [0, 0.1) is 29.6 Å². The number of amides is 2. The van der Waals surface area contributed by atoms with Crippen molar-refractivity contribution in [3.05, 3.63) is 103 Å². The van der Waals surface area contributed by atoms with Gasteiger partial charge in [-0.15, -0.1) is 11.8 Å². The van der Waals surface area contributed by atoms with Gasteiger partial charge in [0.2, 0.25) is 11.8 Å². The number of rotatable bonds is 6. The summed E-state index contributed by atoms with van der Waals surface area (Å²) in [7, 11) is 1.59. The lowest BCUT2D eigenvalue weighted by molar-refractivity contribution is -0.123. The highest BCUT2D eigenvalue weighted by Crippen LogP contribution is 2.69. The van der Waals surface area contributed by atoms with E-state index in [1.807, 2.05) is 48.5 Å². The molecule has 7 atom stereocenters. The van der Waals surface area contributed by atoms with E-state index in [0.29, 0.717) is 28.8 Å². The van der Waals surface area contributed by atoms with Gasteiger partial charge in [-0.1, -0.05) is 53.3 Å². The summed E-state index contributed by atoms with van der Waals surface area (Å²) in [5.74, 6) is 0.230. The number of nitrogens with one attached hydrogen (secondary N) is 1. The first kappa shape index (κ1) is 27.0. The molecule has 1 N–H and O–H groups in total. The zero-order valence-corrected chi connectivity index (χ0v) is 25.5. The molecule has 6 unspecified atom stereocenters. The molecule has 2 aliphatic carbocycles. The minimum absolute atomic E-state index is 0.0106. The van der Waals surface area contributed by atoms with Crippen LogP contribution in [0.4, 0.5) is 5.69 Å². The number of aromatic amines is 1. The number of imide groups is 1. The third-order valence-corrected chi connectivity index (χ3v) is 12.4. The topological polar surface area (TPSA) is 88.7 Å². The first-order chi connectivity index (χ1) is 20.9. The van der Waals surface area contributed by atoms with Gasteiger partial charge in [-0.05, 0) is 72.2 Å². The van der Waals surface area contributed by atoms with Crippen molar-refractivity contribution in [2.75, 3.05) is 12.0 Å². The molecule has 218 valence electrons. The van der Waals surface area contributed by atoms with Crippen LogP contribution in [-0.4, -0.2) is 29.2 Å². The fourth-order valence-electron chi connectivity index (χ4n) is 7.98. The Bertz CT molecular complexity index is 1810. The number of fused-ring (bicyclic) bond motifs is 9. The van der Waals surface area contributed by atoms with E-state index in [4.69, 9.17) is 21.1 Å². The lowest BCUT2D eigenvalue weighted by Gasteiger charge is -2.43. The summed E-state index contributed by atoms with van der Waals surface area (Å²) < 4.78 is 11.7. The van der Waals surface area contributed by atoms with E-state index in [1.165, 1.54) is 16.2 Å². The molecule has 43 heavy (non-hydrogen) atoms. The Balaban J connectivity index is 1.19. The number of anilines is 1. The second-order valence-electron chi connectivity index (χ2n) is 11.6. The standard InChI is InChI=1S/C33H27ClN2O5S2/c1-40-19-10-8-18(9-11-19)36-31(37)26-21-14-22(27(26)32(36)38)28-25(21)24(29-30(42-28)35-33(39)43-29)20-13-17(34)7-12-23(20)41-15-16-5-3-2-4-6-16/h2-13,21-22,24-28H,14-15H2,1H3,(H,35,39)/t21?,22?,24-,25?,26?,27?,28?/m1/s1. The third kappa shape index (κ3) is 4.19. The van der Waals surface area contributed by atoms with Gasteiger partial charge < -0.3 is 14.5 Å².